The number of benzene rings is 1. The van der Waals surface area contributed by atoms with E-state index in [4.69, 9.17) is 0 Å². The topological polar surface area (TPSA) is 58.2 Å². The van der Waals surface area contributed by atoms with Crippen LogP contribution < -0.4 is 10.0 Å². The normalized spacial score (nSPS) is 13.3. The molecule has 0 radical (unpaired) electrons. The Balaban J connectivity index is 2.96. The highest BCUT2D eigenvalue weighted by Crippen LogP contribution is 2.17. The molecule has 2 N–H and O–H groups in total. The van der Waals surface area contributed by atoms with E-state index < -0.39 is 10.0 Å². The molecule has 0 aliphatic heterocycles. The van der Waals surface area contributed by atoms with Crippen molar-refractivity contribution in [2.24, 2.45) is 0 Å². The highest BCUT2D eigenvalue weighted by molar-refractivity contribution is 7.89. The molecule has 0 aliphatic carbocycles. The zero-order valence-corrected chi connectivity index (χ0v) is 13.5. The molecule has 1 aromatic carbocycles. The van der Waals surface area contributed by atoms with Crippen LogP contribution in [0.15, 0.2) is 29.2 Å². The van der Waals surface area contributed by atoms with Crippen molar-refractivity contribution in [3.05, 3.63) is 29.8 Å². The molecule has 0 saturated carbocycles. The third-order valence-corrected chi connectivity index (χ3v) is 4.90. The first-order valence-electron chi connectivity index (χ1n) is 7.36. The minimum absolute atomic E-state index is 0.0113. The highest BCUT2D eigenvalue weighted by atomic mass is 32.2. The van der Waals surface area contributed by atoms with E-state index in [0.717, 1.165) is 31.4 Å². The first kappa shape index (κ1) is 17.1. The van der Waals surface area contributed by atoms with Gasteiger partial charge in [0.25, 0.3) is 0 Å². The van der Waals surface area contributed by atoms with Gasteiger partial charge in [-0.25, -0.2) is 13.1 Å². The van der Waals surface area contributed by atoms with Crippen molar-refractivity contribution in [3.63, 3.8) is 0 Å². The van der Waals surface area contributed by atoms with E-state index in [-0.39, 0.29) is 6.04 Å². The Bertz CT molecular complexity index is 500. The maximum atomic E-state index is 12.5. The molecule has 5 heteroatoms. The van der Waals surface area contributed by atoms with Crippen LogP contribution in [0.5, 0.6) is 0 Å². The molecule has 114 valence electrons. The zero-order chi connectivity index (χ0) is 15.0. The molecule has 1 unspecified atom stereocenters. The van der Waals surface area contributed by atoms with Gasteiger partial charge in [0.15, 0.2) is 0 Å². The summed E-state index contributed by atoms with van der Waals surface area (Å²) in [5.41, 5.74) is 0.813. The molecule has 0 bridgehead atoms. The van der Waals surface area contributed by atoms with E-state index in [1.807, 2.05) is 26.0 Å². The molecule has 4 nitrogen and oxygen atoms in total. The van der Waals surface area contributed by atoms with E-state index >= 15 is 0 Å². The molecule has 1 atom stereocenters. The molecule has 0 spiro atoms. The van der Waals surface area contributed by atoms with Crippen LogP contribution in [0.25, 0.3) is 0 Å². The minimum atomic E-state index is -3.44. The van der Waals surface area contributed by atoms with Gasteiger partial charge in [0, 0.05) is 12.6 Å². The summed E-state index contributed by atoms with van der Waals surface area (Å²) in [6.45, 7) is 7.46. The van der Waals surface area contributed by atoms with Gasteiger partial charge < -0.3 is 5.32 Å². The number of hydrogen-bond acceptors (Lipinski definition) is 3. The monoisotopic (exact) mass is 298 g/mol. The summed E-state index contributed by atoms with van der Waals surface area (Å²) in [6, 6.07) is 7.18. The molecule has 0 amide bonds. The maximum absolute atomic E-state index is 12.5. The molecule has 1 aromatic rings. The zero-order valence-electron chi connectivity index (χ0n) is 12.6. The number of sulfonamides is 1. The predicted octanol–water partition coefficient (Wildman–Crippen LogP) is 2.65. The maximum Gasteiger partial charge on any atom is 0.241 e. The Morgan fingerprint density at radius 2 is 1.85 bits per heavy atom. The fraction of sp³-hybridized carbons (Fsp3) is 0.600. The molecule has 0 saturated heterocycles. The van der Waals surface area contributed by atoms with Crippen molar-refractivity contribution < 1.29 is 8.42 Å². The van der Waals surface area contributed by atoms with Gasteiger partial charge in [0.1, 0.15) is 0 Å². The van der Waals surface area contributed by atoms with Crippen LogP contribution in [0.4, 0.5) is 0 Å². The van der Waals surface area contributed by atoms with E-state index in [2.05, 4.69) is 17.0 Å². The predicted molar refractivity (Wildman–Crippen MR) is 83.1 cm³/mol. The molecule has 0 aromatic heterocycles. The van der Waals surface area contributed by atoms with Crippen LogP contribution in [0.3, 0.4) is 0 Å². The van der Waals surface area contributed by atoms with Gasteiger partial charge in [-0.2, -0.15) is 0 Å². The summed E-state index contributed by atoms with van der Waals surface area (Å²) in [5.74, 6) is 0. The second-order valence-electron chi connectivity index (χ2n) is 4.90. The molecule has 20 heavy (non-hydrogen) atoms. The van der Waals surface area contributed by atoms with Crippen molar-refractivity contribution in [2.75, 3.05) is 6.54 Å². The Hall–Kier alpha value is -0.910. The average molecular weight is 298 g/mol. The summed E-state index contributed by atoms with van der Waals surface area (Å²) >= 11 is 0. The molecule has 0 fully saturated rings. The Morgan fingerprint density at radius 1 is 1.15 bits per heavy atom. The smallest absolute Gasteiger partial charge is 0.241 e. The van der Waals surface area contributed by atoms with E-state index in [1.165, 1.54) is 0 Å². The van der Waals surface area contributed by atoms with Gasteiger partial charge in [0.05, 0.1) is 4.90 Å². The third kappa shape index (κ3) is 4.89. The van der Waals surface area contributed by atoms with Crippen LogP contribution in [0.2, 0.25) is 0 Å². The summed E-state index contributed by atoms with van der Waals surface area (Å²) in [7, 11) is -3.44. The molecule has 1 rings (SSSR count). The van der Waals surface area contributed by atoms with Crippen molar-refractivity contribution in [2.45, 2.75) is 57.5 Å². The standard InChI is InChI=1S/C15H26N2O2S/c1-4-9-14(5-2)17-20(18,19)15-11-8-7-10-13(15)12-16-6-3/h7-8,10-11,14,16-17H,4-6,9,12H2,1-3H3. The van der Waals surface area contributed by atoms with Crippen molar-refractivity contribution in [1.82, 2.24) is 10.0 Å². The lowest BCUT2D eigenvalue weighted by atomic mass is 10.1. The SMILES string of the molecule is CCCC(CC)NS(=O)(=O)c1ccccc1CNCC. The van der Waals surface area contributed by atoms with Gasteiger partial charge in [-0.15, -0.1) is 0 Å². The second-order valence-corrected chi connectivity index (χ2v) is 6.59. The third-order valence-electron chi connectivity index (χ3n) is 3.28. The number of rotatable bonds is 9. The van der Waals surface area contributed by atoms with Gasteiger partial charge >= 0.3 is 0 Å². The summed E-state index contributed by atoms with van der Waals surface area (Å²) in [6.07, 6.45) is 2.65. The fourth-order valence-electron chi connectivity index (χ4n) is 2.15. The first-order valence-corrected chi connectivity index (χ1v) is 8.84. The molecular weight excluding hydrogens is 272 g/mol. The van der Waals surface area contributed by atoms with E-state index in [1.54, 1.807) is 12.1 Å². The number of nitrogens with one attached hydrogen (secondary N) is 2. The quantitative estimate of drug-likeness (QED) is 0.737. The van der Waals surface area contributed by atoms with Crippen molar-refractivity contribution >= 4 is 10.0 Å². The summed E-state index contributed by atoms with van der Waals surface area (Å²) in [4.78, 5) is 0.385. The van der Waals surface area contributed by atoms with Crippen LogP contribution in [-0.4, -0.2) is 21.0 Å². The lowest BCUT2D eigenvalue weighted by Crippen LogP contribution is -2.35. The number of hydrogen-bond donors (Lipinski definition) is 2. The van der Waals surface area contributed by atoms with Crippen LogP contribution >= 0.6 is 0 Å². The second kappa shape index (κ2) is 8.39. The van der Waals surface area contributed by atoms with Crippen molar-refractivity contribution in [1.29, 1.82) is 0 Å². The minimum Gasteiger partial charge on any atom is -0.313 e. The summed E-state index contributed by atoms with van der Waals surface area (Å²) < 4.78 is 27.9. The van der Waals surface area contributed by atoms with Crippen LogP contribution in [-0.2, 0) is 16.6 Å². The Morgan fingerprint density at radius 3 is 2.45 bits per heavy atom. The van der Waals surface area contributed by atoms with Gasteiger partial charge in [-0.05, 0) is 31.0 Å². The Kier molecular flexibility index (Phi) is 7.19. The highest BCUT2D eigenvalue weighted by Gasteiger charge is 2.21. The van der Waals surface area contributed by atoms with Crippen LogP contribution in [0.1, 0.15) is 45.6 Å². The molecule has 0 aliphatic rings. The van der Waals surface area contributed by atoms with Gasteiger partial charge in [0.2, 0.25) is 10.0 Å². The van der Waals surface area contributed by atoms with Crippen LogP contribution in [0, 0.1) is 0 Å². The lowest BCUT2D eigenvalue weighted by Gasteiger charge is -2.18. The first-order chi connectivity index (χ1) is 9.55. The molecule has 0 heterocycles. The van der Waals surface area contributed by atoms with Gasteiger partial charge in [-0.1, -0.05) is 45.4 Å². The Labute approximate surface area is 123 Å². The van der Waals surface area contributed by atoms with Crippen molar-refractivity contribution in [3.8, 4) is 0 Å². The van der Waals surface area contributed by atoms with E-state index in [9.17, 15) is 8.42 Å². The lowest BCUT2D eigenvalue weighted by molar-refractivity contribution is 0.511. The summed E-state index contributed by atoms with van der Waals surface area (Å²) in [5, 5.41) is 3.18. The fourth-order valence-corrected chi connectivity index (χ4v) is 3.74. The van der Waals surface area contributed by atoms with Gasteiger partial charge in [-0.3, -0.25) is 0 Å². The average Bonchev–Trinajstić information content (AvgIpc) is 2.44. The largest absolute Gasteiger partial charge is 0.313 e. The van der Waals surface area contributed by atoms with E-state index in [0.29, 0.717) is 11.4 Å². The molecular formula is C15H26N2O2S.